The molecule has 12 nitrogen and oxygen atoms in total. The Morgan fingerprint density at radius 3 is 1.25 bits per heavy atom. The average molecular weight is 928 g/mol. The molecule has 0 atom stereocenters. The van der Waals surface area contributed by atoms with E-state index in [1.165, 1.54) is 17.7 Å². The summed E-state index contributed by atoms with van der Waals surface area (Å²) in [5.74, 6) is 3.96. The van der Waals surface area contributed by atoms with Crippen LogP contribution in [0.3, 0.4) is 0 Å². The number of nitrogens with one attached hydrogen (secondary N) is 3. The van der Waals surface area contributed by atoms with Crippen molar-refractivity contribution in [3.8, 4) is 34.8 Å². The Bertz CT molecular complexity index is 3350. The monoisotopic (exact) mass is 927 g/mol. The van der Waals surface area contributed by atoms with Gasteiger partial charge in [0.1, 0.15) is 5.82 Å². The van der Waals surface area contributed by atoms with E-state index in [4.69, 9.17) is 24.9 Å². The van der Waals surface area contributed by atoms with E-state index in [0.717, 1.165) is 72.9 Å². The molecule has 0 aliphatic heterocycles. The van der Waals surface area contributed by atoms with Crippen LogP contribution in [0.4, 0.5) is 21.5 Å². The van der Waals surface area contributed by atoms with E-state index in [2.05, 4.69) is 63.9 Å². The lowest BCUT2D eigenvalue weighted by atomic mass is 10.1. The van der Waals surface area contributed by atoms with Crippen LogP contribution in [0.15, 0.2) is 211 Å². The van der Waals surface area contributed by atoms with Gasteiger partial charge in [-0.25, -0.2) is 19.3 Å². The Hall–Kier alpha value is -9.20. The molecule has 69 heavy (non-hydrogen) atoms. The second-order valence-corrected chi connectivity index (χ2v) is 16.0. The molecule has 0 aliphatic rings. The third-order valence-corrected chi connectivity index (χ3v) is 10.7. The zero-order chi connectivity index (χ0) is 46.9. The molecule has 0 saturated heterocycles. The van der Waals surface area contributed by atoms with E-state index in [9.17, 15) is 4.39 Å². The lowest BCUT2D eigenvalue weighted by Gasteiger charge is -1.96. The molecule has 0 saturated carbocycles. The second kappa shape index (κ2) is 20.1. The quantitative estimate of drug-likeness (QED) is 0.122. The minimum absolute atomic E-state index is 0.277. The summed E-state index contributed by atoms with van der Waals surface area (Å²) in [5.41, 5.74) is 11.8. The first kappa shape index (κ1) is 43.7. The van der Waals surface area contributed by atoms with Gasteiger partial charge in [0.2, 0.25) is 0 Å². The lowest BCUT2D eigenvalue weighted by Crippen LogP contribution is -1.82. The van der Waals surface area contributed by atoms with Crippen LogP contribution >= 0.6 is 11.6 Å². The Kier molecular flexibility index (Phi) is 12.7. The van der Waals surface area contributed by atoms with Gasteiger partial charge >= 0.3 is 0 Å². The molecule has 0 bridgehead atoms. The highest BCUT2D eigenvalue weighted by atomic mass is 35.5. The maximum Gasteiger partial charge on any atom is 0.174 e. The first-order valence-electron chi connectivity index (χ1n) is 21.6. The largest absolute Gasteiger partial charge is 0.461 e. The van der Waals surface area contributed by atoms with Crippen molar-refractivity contribution < 1.29 is 17.6 Å². The van der Waals surface area contributed by atoms with Crippen LogP contribution in [-0.4, -0.2) is 48.5 Å². The number of aromatic amines is 3. The van der Waals surface area contributed by atoms with Gasteiger partial charge in [-0.3, -0.25) is 15.0 Å². The summed E-state index contributed by atoms with van der Waals surface area (Å²) in [6.45, 7) is 2.07. The summed E-state index contributed by atoms with van der Waals surface area (Å²) < 4.78 is 29.2. The number of rotatable bonds is 9. The number of nitrogens with zero attached hydrogens (tertiary/aromatic N) is 6. The van der Waals surface area contributed by atoms with E-state index in [0.29, 0.717) is 33.8 Å². The van der Waals surface area contributed by atoms with Gasteiger partial charge in [0, 0.05) is 23.7 Å². The highest BCUT2D eigenvalue weighted by Gasteiger charge is 2.10. The molecule has 336 valence electrons. The number of aryl methyl sites for hydroxylation is 1. The molecule has 0 spiro atoms. The second-order valence-electron chi connectivity index (χ2n) is 15.6. The summed E-state index contributed by atoms with van der Waals surface area (Å²) in [7, 11) is 0. The van der Waals surface area contributed by atoms with Gasteiger partial charge in [-0.05, 0) is 139 Å². The molecule has 6 aromatic heterocycles. The number of fused-ring (bicyclic) bond motifs is 3. The highest BCUT2D eigenvalue weighted by Crippen LogP contribution is 2.27. The molecule has 14 heteroatoms. The van der Waals surface area contributed by atoms with Crippen LogP contribution in [0.2, 0.25) is 5.02 Å². The van der Waals surface area contributed by atoms with Crippen molar-refractivity contribution in [2.45, 2.75) is 6.92 Å². The zero-order valence-corrected chi connectivity index (χ0v) is 37.5. The fourth-order valence-electron chi connectivity index (χ4n) is 7.20. The summed E-state index contributed by atoms with van der Waals surface area (Å²) in [4.78, 5) is 36.6. The number of aromatic nitrogens is 6. The number of hydrogen-bond acceptors (Lipinski definition) is 9. The minimum Gasteiger partial charge on any atom is -0.461 e. The van der Waals surface area contributed by atoms with E-state index in [1.807, 2.05) is 134 Å². The predicted molar refractivity (Wildman–Crippen MR) is 272 cm³/mol. The molecular formula is C55H39ClFN9O3. The zero-order valence-electron chi connectivity index (χ0n) is 36.7. The third-order valence-electron chi connectivity index (χ3n) is 10.5. The SMILES string of the molecule is Cc1cccc(C=Nc2ccc3nc(-c4ccco4)[nH]c3c2)c1.Clc1cccc(C=Nc2ccc3nc(-c4ccco4)[nH]c3c2)c1.Fc1cccc(C=Nc2ccc3nc(-c4ccco4)[nH]c3c2)c1. The number of hydrogen-bond donors (Lipinski definition) is 3. The Morgan fingerprint density at radius 2 is 0.855 bits per heavy atom. The lowest BCUT2D eigenvalue weighted by molar-refractivity contribution is 0.578. The van der Waals surface area contributed by atoms with Gasteiger partial charge in [0.05, 0.1) is 69.0 Å². The molecular weight excluding hydrogens is 889 g/mol. The molecule has 0 unspecified atom stereocenters. The fourth-order valence-corrected chi connectivity index (χ4v) is 7.39. The number of halogens is 2. The van der Waals surface area contributed by atoms with Crippen molar-refractivity contribution >= 4 is 80.4 Å². The van der Waals surface area contributed by atoms with Crippen molar-refractivity contribution in [3.05, 3.63) is 216 Å². The van der Waals surface area contributed by atoms with Crippen LogP contribution in [0, 0.1) is 12.7 Å². The van der Waals surface area contributed by atoms with Crippen molar-refractivity contribution in [3.63, 3.8) is 0 Å². The van der Waals surface area contributed by atoms with Gasteiger partial charge in [0.25, 0.3) is 0 Å². The Morgan fingerprint density at radius 1 is 0.449 bits per heavy atom. The molecule has 0 radical (unpaired) electrons. The van der Waals surface area contributed by atoms with Crippen LogP contribution in [-0.2, 0) is 0 Å². The van der Waals surface area contributed by atoms with E-state index >= 15 is 0 Å². The van der Waals surface area contributed by atoms with Crippen LogP contribution in [0.5, 0.6) is 0 Å². The third kappa shape index (κ3) is 10.9. The van der Waals surface area contributed by atoms with Crippen LogP contribution in [0.1, 0.15) is 22.3 Å². The van der Waals surface area contributed by atoms with Crippen LogP contribution in [0.25, 0.3) is 67.9 Å². The molecule has 6 aromatic carbocycles. The molecule has 0 amide bonds. The molecule has 12 rings (SSSR count). The van der Waals surface area contributed by atoms with Crippen molar-refractivity contribution in [1.82, 2.24) is 29.9 Å². The molecule has 0 aliphatic carbocycles. The Labute approximate surface area is 398 Å². The number of benzene rings is 6. The number of aliphatic imine (C=N–C) groups is 3. The molecule has 6 heterocycles. The minimum atomic E-state index is -0.277. The molecule has 0 fully saturated rings. The van der Waals surface area contributed by atoms with Crippen molar-refractivity contribution in [2.24, 2.45) is 15.0 Å². The van der Waals surface area contributed by atoms with Gasteiger partial charge < -0.3 is 28.2 Å². The first-order chi connectivity index (χ1) is 33.8. The van der Waals surface area contributed by atoms with Gasteiger partial charge in [-0.2, -0.15) is 0 Å². The topological polar surface area (TPSA) is 163 Å². The summed E-state index contributed by atoms with van der Waals surface area (Å²) in [5, 5.41) is 0.695. The molecule has 3 N–H and O–H groups in total. The van der Waals surface area contributed by atoms with E-state index in [1.54, 1.807) is 43.4 Å². The number of furan rings is 3. The summed E-state index contributed by atoms with van der Waals surface area (Å²) >= 11 is 5.97. The highest BCUT2D eigenvalue weighted by molar-refractivity contribution is 6.30. The van der Waals surface area contributed by atoms with Gasteiger partial charge in [-0.15, -0.1) is 0 Å². The van der Waals surface area contributed by atoms with E-state index < -0.39 is 0 Å². The fraction of sp³-hybridized carbons (Fsp3) is 0.0182. The summed E-state index contributed by atoms with van der Waals surface area (Å²) in [6, 6.07) is 50.6. The van der Waals surface area contributed by atoms with Crippen molar-refractivity contribution in [1.29, 1.82) is 0 Å². The smallest absolute Gasteiger partial charge is 0.174 e. The predicted octanol–water partition coefficient (Wildman–Crippen LogP) is 14.8. The number of imidazole rings is 3. The normalized spacial score (nSPS) is 11.5. The first-order valence-corrected chi connectivity index (χ1v) is 22.0. The van der Waals surface area contributed by atoms with Crippen LogP contribution < -0.4 is 0 Å². The van der Waals surface area contributed by atoms with E-state index in [-0.39, 0.29) is 5.82 Å². The maximum absolute atomic E-state index is 13.2. The Balaban J connectivity index is 0.000000120. The summed E-state index contributed by atoms with van der Waals surface area (Å²) in [6.07, 6.45) is 10.2. The van der Waals surface area contributed by atoms with Crippen molar-refractivity contribution in [2.75, 3.05) is 0 Å². The van der Waals surface area contributed by atoms with Gasteiger partial charge in [0.15, 0.2) is 34.8 Å². The standard InChI is InChI=1S/C19H15N3O.C18H12ClN3O.C18H12FN3O/c1-13-4-2-5-14(10-13)12-20-15-7-8-16-17(11-15)22-19(21-16)18-6-3-9-23-18;2*19-13-4-1-3-12(9-13)11-20-14-6-7-15-16(10-14)22-18(21-15)17-5-2-8-23-17/h2-12H,1H3,(H,21,22);2*1-11H,(H,21,22). The molecule has 12 aromatic rings. The average Bonchev–Trinajstić information content (AvgIpc) is 4.22. The van der Waals surface area contributed by atoms with Gasteiger partial charge in [-0.1, -0.05) is 65.7 Å². The maximum atomic E-state index is 13.2. The number of H-pyrrole nitrogens is 3.